The van der Waals surface area contributed by atoms with Gasteiger partial charge in [0, 0.05) is 12.7 Å². The average Bonchev–Trinajstić information content (AvgIpc) is 2.82. The molecule has 25 heavy (non-hydrogen) atoms. The maximum absolute atomic E-state index is 11.8. The Morgan fingerprint density at radius 1 is 1.20 bits per heavy atom. The number of hydrogen-bond donors (Lipinski definition) is 3. The van der Waals surface area contributed by atoms with Gasteiger partial charge < -0.3 is 24.4 Å². The summed E-state index contributed by atoms with van der Waals surface area (Å²) < 4.78 is 43.3. The molecule has 9 nitrogen and oxygen atoms in total. The van der Waals surface area contributed by atoms with Crippen LogP contribution in [0.2, 0.25) is 0 Å². The minimum absolute atomic E-state index is 0.110. The van der Waals surface area contributed by atoms with Crippen LogP contribution < -0.4 is 5.32 Å². The Hall–Kier alpha value is 0.245. The summed E-state index contributed by atoms with van der Waals surface area (Å²) in [7, 11) is -0.446. The molecule has 1 aliphatic rings. The summed E-state index contributed by atoms with van der Waals surface area (Å²) >= 11 is 0. The van der Waals surface area contributed by atoms with Crippen LogP contribution >= 0.6 is 15.4 Å². The van der Waals surface area contributed by atoms with Crippen LogP contribution in [0.5, 0.6) is 0 Å². The second-order valence-corrected chi connectivity index (χ2v) is 9.28. The van der Waals surface area contributed by atoms with Gasteiger partial charge in [-0.05, 0) is 32.9 Å². The summed E-state index contributed by atoms with van der Waals surface area (Å²) in [6, 6.07) is -0.693. The van der Waals surface area contributed by atoms with Crippen LogP contribution in [0.15, 0.2) is 0 Å². The molecule has 0 saturated carbocycles. The van der Waals surface area contributed by atoms with E-state index >= 15 is 0 Å². The predicted molar refractivity (Wildman–Crippen MR) is 93.8 cm³/mol. The third-order valence-corrected chi connectivity index (χ3v) is 5.18. The Balaban J connectivity index is 2.29. The van der Waals surface area contributed by atoms with Crippen molar-refractivity contribution in [2.75, 3.05) is 33.5 Å². The summed E-state index contributed by atoms with van der Waals surface area (Å²) in [5.41, 5.74) is 0. The zero-order chi connectivity index (χ0) is 18.9. The van der Waals surface area contributed by atoms with Gasteiger partial charge in [0.1, 0.15) is 14.0 Å². The molecule has 1 saturated heterocycles. The van der Waals surface area contributed by atoms with Crippen molar-refractivity contribution >= 4 is 23.3 Å². The van der Waals surface area contributed by atoms with Crippen LogP contribution in [-0.2, 0) is 27.4 Å². The van der Waals surface area contributed by atoms with E-state index in [1.54, 1.807) is 0 Å². The Labute approximate surface area is 150 Å². The molecule has 12 heteroatoms. The lowest BCUT2D eigenvalue weighted by Gasteiger charge is -2.21. The van der Waals surface area contributed by atoms with E-state index < -0.39 is 33.6 Å². The van der Waals surface area contributed by atoms with E-state index in [1.807, 2.05) is 7.05 Å². The zero-order valence-electron chi connectivity index (χ0n) is 14.7. The second kappa shape index (κ2) is 11.2. The molecule has 0 aromatic carbocycles. The van der Waals surface area contributed by atoms with Crippen LogP contribution in [-0.4, -0.2) is 69.3 Å². The third kappa shape index (κ3) is 10.9. The first-order chi connectivity index (χ1) is 11.6. The fraction of sp³-hybridized carbons (Fsp3) is 1.00. The van der Waals surface area contributed by atoms with Gasteiger partial charge in [-0.1, -0.05) is 12.8 Å². The Kier molecular flexibility index (Phi) is 10.4. The molecular weight excluding hydrogens is 371 g/mol. The van der Waals surface area contributed by atoms with E-state index in [1.165, 1.54) is 0 Å². The lowest BCUT2D eigenvalue weighted by molar-refractivity contribution is -0.00195. The number of unbranched alkanes of at least 4 members (excludes halogenated alkanes) is 3. The van der Waals surface area contributed by atoms with Crippen molar-refractivity contribution in [3.8, 4) is 0 Å². The normalized spacial score (nSPS) is 28.6. The Bertz CT molecular complexity index is 477. The van der Waals surface area contributed by atoms with Crippen molar-refractivity contribution in [1.82, 2.24) is 5.32 Å². The van der Waals surface area contributed by atoms with Gasteiger partial charge in [0.15, 0.2) is 0 Å². The van der Waals surface area contributed by atoms with Gasteiger partial charge >= 0.3 is 15.4 Å². The minimum atomic E-state index is -4.22. The Morgan fingerprint density at radius 2 is 1.88 bits per heavy atom. The fourth-order valence-electron chi connectivity index (χ4n) is 2.40. The molecule has 0 spiro atoms. The summed E-state index contributed by atoms with van der Waals surface area (Å²) in [4.78, 5) is 19.0. The first-order valence-electron chi connectivity index (χ1n) is 8.29. The van der Waals surface area contributed by atoms with Crippen LogP contribution in [0.3, 0.4) is 0 Å². The SMILES string of the molecule is [B]C1CC(OP(C)(=O)O)C(COP(=O)(O)OCCCCCCNC)O1. The van der Waals surface area contributed by atoms with Crippen LogP contribution in [0.4, 0.5) is 0 Å². The van der Waals surface area contributed by atoms with Crippen molar-refractivity contribution < 1.29 is 37.2 Å². The highest BCUT2D eigenvalue weighted by Gasteiger charge is 2.38. The fourth-order valence-corrected chi connectivity index (χ4v) is 3.89. The molecule has 0 aromatic rings. The molecule has 1 rings (SSSR count). The van der Waals surface area contributed by atoms with Crippen molar-refractivity contribution in [3.63, 3.8) is 0 Å². The van der Waals surface area contributed by atoms with E-state index in [2.05, 4.69) is 5.32 Å². The number of phosphoric acid groups is 1. The summed E-state index contributed by atoms with van der Waals surface area (Å²) in [5, 5.41) is 3.05. The van der Waals surface area contributed by atoms with Crippen molar-refractivity contribution in [2.24, 2.45) is 0 Å². The zero-order valence-corrected chi connectivity index (χ0v) is 16.5. The Morgan fingerprint density at radius 3 is 2.52 bits per heavy atom. The molecule has 1 heterocycles. The number of rotatable bonds is 13. The summed E-state index contributed by atoms with van der Waals surface area (Å²) in [5.74, 6) is 0. The standard InChI is InChI=1S/C13H28BNO8P2/c1-15-7-5-3-4-6-8-20-25(18,19)21-10-12-11(9-13(14)22-12)23-24(2,16)17/h11-13,15H,3-10H2,1-2H3,(H,16,17)(H,18,19). The van der Waals surface area contributed by atoms with E-state index in [0.717, 1.165) is 32.5 Å². The summed E-state index contributed by atoms with van der Waals surface area (Å²) in [6.45, 7) is 1.77. The molecule has 5 atom stereocenters. The van der Waals surface area contributed by atoms with Gasteiger partial charge in [-0.2, -0.15) is 0 Å². The largest absolute Gasteiger partial charge is 0.472 e. The van der Waals surface area contributed by atoms with Crippen LogP contribution in [0.1, 0.15) is 32.1 Å². The van der Waals surface area contributed by atoms with Gasteiger partial charge in [-0.3, -0.25) is 13.6 Å². The van der Waals surface area contributed by atoms with E-state index in [9.17, 15) is 18.9 Å². The predicted octanol–water partition coefficient (Wildman–Crippen LogP) is 1.38. The first kappa shape index (κ1) is 23.3. The molecule has 0 amide bonds. The molecule has 1 fully saturated rings. The minimum Gasteiger partial charge on any atom is -0.380 e. The highest BCUT2D eigenvalue weighted by atomic mass is 31.2. The number of phosphoric ester groups is 1. The van der Waals surface area contributed by atoms with Gasteiger partial charge in [-0.15, -0.1) is 0 Å². The van der Waals surface area contributed by atoms with Crippen molar-refractivity contribution in [3.05, 3.63) is 0 Å². The molecule has 0 bridgehead atoms. The lowest BCUT2D eigenvalue weighted by atomic mass is 9.96. The third-order valence-electron chi connectivity index (χ3n) is 3.54. The van der Waals surface area contributed by atoms with Crippen molar-refractivity contribution in [1.29, 1.82) is 0 Å². The highest BCUT2D eigenvalue weighted by molar-refractivity contribution is 7.51. The highest BCUT2D eigenvalue weighted by Crippen LogP contribution is 2.46. The maximum atomic E-state index is 11.8. The molecule has 2 radical (unpaired) electrons. The molecule has 3 N–H and O–H groups in total. The molecule has 0 aliphatic carbocycles. The van der Waals surface area contributed by atoms with Gasteiger partial charge in [-0.25, -0.2) is 4.57 Å². The molecular formula is C13H28BNO8P2. The van der Waals surface area contributed by atoms with Crippen LogP contribution in [0, 0.1) is 0 Å². The molecule has 0 aromatic heterocycles. The molecule has 5 unspecified atom stereocenters. The monoisotopic (exact) mass is 399 g/mol. The number of hydrogen-bond acceptors (Lipinski definition) is 7. The number of nitrogens with one attached hydrogen (secondary N) is 1. The lowest BCUT2D eigenvalue weighted by Crippen LogP contribution is -2.28. The summed E-state index contributed by atoms with van der Waals surface area (Å²) in [6.07, 6.45) is 2.17. The van der Waals surface area contributed by atoms with E-state index in [-0.39, 0.29) is 19.6 Å². The quantitative estimate of drug-likeness (QED) is 0.239. The molecule has 146 valence electrons. The van der Waals surface area contributed by atoms with Crippen LogP contribution in [0.25, 0.3) is 0 Å². The van der Waals surface area contributed by atoms with Gasteiger partial charge in [0.2, 0.25) is 0 Å². The molecule has 1 aliphatic heterocycles. The van der Waals surface area contributed by atoms with Crippen molar-refractivity contribution in [2.45, 2.75) is 50.3 Å². The van der Waals surface area contributed by atoms with E-state index in [0.29, 0.717) is 6.42 Å². The van der Waals surface area contributed by atoms with E-state index in [4.69, 9.17) is 26.2 Å². The van der Waals surface area contributed by atoms with Gasteiger partial charge in [0.05, 0.1) is 19.3 Å². The topological polar surface area (TPSA) is 124 Å². The first-order valence-corrected chi connectivity index (χ1v) is 11.8. The smallest absolute Gasteiger partial charge is 0.380 e. The maximum Gasteiger partial charge on any atom is 0.472 e. The average molecular weight is 399 g/mol. The number of ether oxygens (including phenoxy) is 1. The van der Waals surface area contributed by atoms with Gasteiger partial charge in [0.25, 0.3) is 0 Å². The second-order valence-electron chi connectivity index (χ2n) is 6.01.